The Kier molecular flexibility index (Phi) is 5.62. The molecule has 2 aromatic rings. The van der Waals surface area contributed by atoms with Gasteiger partial charge in [0.05, 0.1) is 0 Å². The van der Waals surface area contributed by atoms with Crippen LogP contribution in [0.15, 0.2) is 60.7 Å². The van der Waals surface area contributed by atoms with Crippen molar-refractivity contribution >= 4 is 5.91 Å². The molecule has 2 N–H and O–H groups in total. The van der Waals surface area contributed by atoms with Crippen molar-refractivity contribution in [3.63, 3.8) is 0 Å². The smallest absolute Gasteiger partial charge is 0.253 e. The molecule has 24 heavy (non-hydrogen) atoms. The van der Waals surface area contributed by atoms with E-state index >= 15 is 0 Å². The Morgan fingerprint density at radius 2 is 1.62 bits per heavy atom. The van der Waals surface area contributed by atoms with E-state index in [0.717, 1.165) is 32.5 Å². The Labute approximate surface area is 143 Å². The minimum atomic E-state index is -1.09. The van der Waals surface area contributed by atoms with Gasteiger partial charge in [0.1, 0.15) is 0 Å². The van der Waals surface area contributed by atoms with E-state index in [1.165, 1.54) is 5.56 Å². The summed E-state index contributed by atoms with van der Waals surface area (Å²) < 4.78 is 0. The summed E-state index contributed by atoms with van der Waals surface area (Å²) >= 11 is 0. The normalized spacial score (nSPS) is 17.4. The number of carbonyl (C=O) groups excluding carboxylic acids is 1. The third-order valence-corrected chi connectivity index (χ3v) is 4.55. The lowest BCUT2D eigenvalue weighted by Gasteiger charge is -2.32. The average Bonchev–Trinajstić information content (AvgIpc) is 2.64. The number of carbonyl (C=O) groups is 1. The molecule has 1 atom stereocenters. The SMILES string of the molecule is O=C(NC1CCN(Cc2ccccc2)CC1)[C@H](O)c1ccccc1. The van der Waals surface area contributed by atoms with Gasteiger partial charge < -0.3 is 10.4 Å². The van der Waals surface area contributed by atoms with Gasteiger partial charge in [-0.15, -0.1) is 0 Å². The van der Waals surface area contributed by atoms with Crippen LogP contribution in [0.3, 0.4) is 0 Å². The summed E-state index contributed by atoms with van der Waals surface area (Å²) in [7, 11) is 0. The van der Waals surface area contributed by atoms with Gasteiger partial charge in [-0.25, -0.2) is 0 Å². The number of nitrogens with zero attached hydrogens (tertiary/aromatic N) is 1. The number of amides is 1. The predicted octanol–water partition coefficient (Wildman–Crippen LogP) is 2.50. The highest BCUT2D eigenvalue weighted by Crippen LogP contribution is 2.16. The van der Waals surface area contributed by atoms with Gasteiger partial charge in [0.2, 0.25) is 0 Å². The van der Waals surface area contributed by atoms with Crippen LogP contribution < -0.4 is 5.32 Å². The summed E-state index contributed by atoms with van der Waals surface area (Å²) in [6, 6.07) is 19.7. The van der Waals surface area contributed by atoms with Crippen LogP contribution in [0.25, 0.3) is 0 Å². The Morgan fingerprint density at radius 1 is 1.04 bits per heavy atom. The van der Waals surface area contributed by atoms with Crippen LogP contribution in [0.5, 0.6) is 0 Å². The molecular formula is C20H24N2O2. The highest BCUT2D eigenvalue weighted by Gasteiger charge is 2.24. The van der Waals surface area contributed by atoms with E-state index in [2.05, 4.69) is 34.5 Å². The molecule has 0 radical (unpaired) electrons. The molecule has 0 spiro atoms. The second-order valence-corrected chi connectivity index (χ2v) is 6.36. The average molecular weight is 324 g/mol. The van der Waals surface area contributed by atoms with Crippen molar-refractivity contribution in [1.29, 1.82) is 0 Å². The lowest BCUT2D eigenvalue weighted by Crippen LogP contribution is -2.45. The van der Waals surface area contributed by atoms with Crippen molar-refractivity contribution in [3.05, 3.63) is 71.8 Å². The molecule has 0 aliphatic carbocycles. The van der Waals surface area contributed by atoms with Crippen LogP contribution in [-0.4, -0.2) is 35.0 Å². The van der Waals surface area contributed by atoms with E-state index in [4.69, 9.17) is 0 Å². The third kappa shape index (κ3) is 4.43. The maximum Gasteiger partial charge on any atom is 0.253 e. The Bertz CT molecular complexity index is 637. The molecule has 1 aliphatic rings. The molecule has 0 unspecified atom stereocenters. The van der Waals surface area contributed by atoms with E-state index < -0.39 is 6.10 Å². The van der Waals surface area contributed by atoms with E-state index in [-0.39, 0.29) is 11.9 Å². The number of hydrogen-bond acceptors (Lipinski definition) is 3. The van der Waals surface area contributed by atoms with Crippen LogP contribution in [0.4, 0.5) is 0 Å². The van der Waals surface area contributed by atoms with Crippen LogP contribution >= 0.6 is 0 Å². The van der Waals surface area contributed by atoms with Gasteiger partial charge in [0.25, 0.3) is 5.91 Å². The number of nitrogens with one attached hydrogen (secondary N) is 1. The van der Waals surface area contributed by atoms with Crippen LogP contribution in [0.2, 0.25) is 0 Å². The van der Waals surface area contributed by atoms with Crippen molar-refractivity contribution in [2.45, 2.75) is 31.5 Å². The van der Waals surface area contributed by atoms with Crippen molar-refractivity contribution in [1.82, 2.24) is 10.2 Å². The highest BCUT2D eigenvalue weighted by molar-refractivity contribution is 5.82. The third-order valence-electron chi connectivity index (χ3n) is 4.55. The van der Waals surface area contributed by atoms with Gasteiger partial charge in [0, 0.05) is 25.7 Å². The van der Waals surface area contributed by atoms with E-state index in [9.17, 15) is 9.90 Å². The Morgan fingerprint density at radius 3 is 2.25 bits per heavy atom. The molecule has 0 bridgehead atoms. The van der Waals surface area contributed by atoms with Gasteiger partial charge >= 0.3 is 0 Å². The van der Waals surface area contributed by atoms with Crippen molar-refractivity contribution in [3.8, 4) is 0 Å². The first-order valence-corrected chi connectivity index (χ1v) is 8.52. The number of piperidine rings is 1. The molecule has 4 heteroatoms. The van der Waals surface area contributed by atoms with E-state index in [1.807, 2.05) is 24.3 Å². The fraction of sp³-hybridized carbons (Fsp3) is 0.350. The first-order valence-electron chi connectivity index (χ1n) is 8.52. The Balaban J connectivity index is 1.46. The number of rotatable bonds is 5. The minimum absolute atomic E-state index is 0.142. The van der Waals surface area contributed by atoms with Crippen LogP contribution in [0, 0.1) is 0 Å². The first-order chi connectivity index (χ1) is 11.7. The lowest BCUT2D eigenvalue weighted by atomic mass is 10.0. The van der Waals surface area contributed by atoms with E-state index in [1.54, 1.807) is 12.1 Å². The fourth-order valence-corrected chi connectivity index (χ4v) is 3.14. The van der Waals surface area contributed by atoms with Crippen LogP contribution in [0.1, 0.15) is 30.1 Å². The largest absolute Gasteiger partial charge is 0.378 e. The van der Waals surface area contributed by atoms with Crippen molar-refractivity contribution in [2.75, 3.05) is 13.1 Å². The molecule has 1 aliphatic heterocycles. The zero-order chi connectivity index (χ0) is 16.8. The molecule has 126 valence electrons. The quantitative estimate of drug-likeness (QED) is 0.888. The fourth-order valence-electron chi connectivity index (χ4n) is 3.14. The molecule has 1 saturated heterocycles. The summed E-state index contributed by atoms with van der Waals surface area (Å²) in [6.45, 7) is 2.87. The monoisotopic (exact) mass is 324 g/mol. The number of benzene rings is 2. The summed E-state index contributed by atoms with van der Waals surface area (Å²) in [6.07, 6.45) is 0.744. The van der Waals surface area contributed by atoms with E-state index in [0.29, 0.717) is 5.56 Å². The zero-order valence-corrected chi connectivity index (χ0v) is 13.8. The Hall–Kier alpha value is -2.17. The van der Waals surface area contributed by atoms with Gasteiger partial charge in [-0.05, 0) is 24.0 Å². The maximum atomic E-state index is 12.2. The minimum Gasteiger partial charge on any atom is -0.378 e. The van der Waals surface area contributed by atoms with Crippen molar-refractivity contribution in [2.24, 2.45) is 0 Å². The van der Waals surface area contributed by atoms with Gasteiger partial charge in [-0.3, -0.25) is 9.69 Å². The highest BCUT2D eigenvalue weighted by atomic mass is 16.3. The number of likely N-dealkylation sites (tertiary alicyclic amines) is 1. The number of aliphatic hydroxyl groups is 1. The molecule has 1 heterocycles. The standard InChI is InChI=1S/C20H24N2O2/c23-19(17-9-5-2-6-10-17)20(24)21-18-11-13-22(14-12-18)15-16-7-3-1-4-8-16/h1-10,18-19,23H,11-15H2,(H,21,24)/t19-/m1/s1. The molecular weight excluding hydrogens is 300 g/mol. The second-order valence-electron chi connectivity index (χ2n) is 6.36. The molecule has 1 fully saturated rings. The molecule has 3 rings (SSSR count). The second kappa shape index (κ2) is 8.08. The number of hydrogen-bond donors (Lipinski definition) is 2. The summed E-state index contributed by atoms with van der Waals surface area (Å²) in [5, 5.41) is 13.1. The van der Waals surface area contributed by atoms with Gasteiger partial charge in [-0.1, -0.05) is 60.7 Å². The molecule has 0 saturated carbocycles. The predicted molar refractivity (Wildman–Crippen MR) is 94.3 cm³/mol. The number of aliphatic hydroxyl groups excluding tert-OH is 1. The molecule has 1 amide bonds. The first kappa shape index (κ1) is 16.7. The van der Waals surface area contributed by atoms with Gasteiger partial charge in [-0.2, -0.15) is 0 Å². The molecule has 2 aromatic carbocycles. The topological polar surface area (TPSA) is 52.6 Å². The summed E-state index contributed by atoms with van der Waals surface area (Å²) in [5.74, 6) is -0.303. The summed E-state index contributed by atoms with van der Waals surface area (Å²) in [5.41, 5.74) is 1.95. The van der Waals surface area contributed by atoms with Crippen molar-refractivity contribution < 1.29 is 9.90 Å². The van der Waals surface area contributed by atoms with Crippen LogP contribution in [-0.2, 0) is 11.3 Å². The summed E-state index contributed by atoms with van der Waals surface area (Å²) in [4.78, 5) is 14.6. The molecule has 4 nitrogen and oxygen atoms in total. The molecule has 0 aromatic heterocycles. The van der Waals surface area contributed by atoms with Gasteiger partial charge in [0.15, 0.2) is 6.10 Å². The zero-order valence-electron chi connectivity index (χ0n) is 13.8. The maximum absolute atomic E-state index is 12.2. The lowest BCUT2D eigenvalue weighted by molar-refractivity contribution is -0.130.